The molecule has 0 bridgehead atoms. The normalized spacial score (nSPS) is 12.3. The van der Waals surface area contributed by atoms with Gasteiger partial charge in [0, 0.05) is 21.5 Å². The van der Waals surface area contributed by atoms with Crippen molar-refractivity contribution in [2.45, 2.75) is 0 Å². The summed E-state index contributed by atoms with van der Waals surface area (Å²) in [6.45, 7) is 8.40. The van der Waals surface area contributed by atoms with E-state index in [-0.39, 0.29) is 0 Å². The first-order valence-corrected chi connectivity index (χ1v) is 10.2. The van der Waals surface area contributed by atoms with E-state index < -0.39 is 0 Å². The minimum Gasteiger partial charge on any atom is -0.305 e. The summed E-state index contributed by atoms with van der Waals surface area (Å²) in [5.74, 6) is 0. The van der Waals surface area contributed by atoms with Gasteiger partial charge in [0.05, 0.1) is 33.1 Å². The summed E-state index contributed by atoms with van der Waals surface area (Å²) < 4.78 is 4.86. The van der Waals surface area contributed by atoms with E-state index in [1.807, 2.05) is 12.2 Å². The summed E-state index contributed by atoms with van der Waals surface area (Å²) >= 11 is 0. The van der Waals surface area contributed by atoms with E-state index in [2.05, 4.69) is 94.8 Å². The van der Waals surface area contributed by atoms with E-state index in [4.69, 9.17) is 0 Å². The van der Waals surface area contributed by atoms with Gasteiger partial charge in [-0.2, -0.15) is 0 Å². The highest BCUT2D eigenvalue weighted by Crippen LogP contribution is 2.46. The topological polar surface area (TPSA) is 8.82 Å². The molecule has 0 aliphatic heterocycles. The largest absolute Gasteiger partial charge is 0.305 e. The number of hydrogen-bond donors (Lipinski definition) is 0. The Hall–Kier alpha value is -4.04. The number of aromatic nitrogens is 2. The highest BCUT2D eigenvalue weighted by molar-refractivity contribution is 6.29. The molecule has 4 aromatic carbocycles. The molecule has 30 heavy (non-hydrogen) atoms. The first kappa shape index (κ1) is 15.8. The maximum Gasteiger partial charge on any atom is 0.0796 e. The first-order chi connectivity index (χ1) is 14.8. The SMILES string of the molecule is C=Cc1c(C=C)c2c3ccccc3n3c4ccccc4n4c5ccccc5c1c4c23. The molecule has 2 heteroatoms. The molecule has 0 atom stereocenters. The molecular formula is C28H18N2. The average Bonchev–Trinajstić information content (AvgIpc) is 3.32. The molecule has 0 N–H and O–H groups in total. The fourth-order valence-corrected chi connectivity index (χ4v) is 5.51. The van der Waals surface area contributed by atoms with Crippen LogP contribution in [-0.2, 0) is 0 Å². The number of hydrogen-bond acceptors (Lipinski definition) is 0. The van der Waals surface area contributed by atoms with E-state index in [1.54, 1.807) is 0 Å². The summed E-state index contributed by atoms with van der Waals surface area (Å²) in [6, 6.07) is 26.1. The first-order valence-electron chi connectivity index (χ1n) is 10.2. The Balaban J connectivity index is 2.06. The lowest BCUT2D eigenvalue weighted by molar-refractivity contribution is 1.25. The molecule has 0 unspecified atom stereocenters. The molecule has 0 radical (unpaired) electrons. The molecule has 140 valence electrons. The highest BCUT2D eigenvalue weighted by Gasteiger charge is 2.25. The van der Waals surface area contributed by atoms with Crippen LogP contribution in [0.2, 0.25) is 0 Å². The summed E-state index contributed by atoms with van der Waals surface area (Å²) in [6.07, 6.45) is 3.99. The second-order valence-electron chi connectivity index (χ2n) is 7.88. The zero-order valence-corrected chi connectivity index (χ0v) is 16.4. The lowest BCUT2D eigenvalue weighted by atomic mass is 9.95. The van der Waals surface area contributed by atoms with Crippen molar-refractivity contribution >= 4 is 66.8 Å². The van der Waals surface area contributed by atoms with Crippen LogP contribution in [0.1, 0.15) is 11.1 Å². The Labute approximate surface area is 172 Å². The van der Waals surface area contributed by atoms with Gasteiger partial charge in [0.1, 0.15) is 0 Å². The Bertz CT molecular complexity index is 1690. The van der Waals surface area contributed by atoms with Crippen LogP contribution in [0.15, 0.2) is 86.0 Å². The van der Waals surface area contributed by atoms with Gasteiger partial charge < -0.3 is 8.80 Å². The molecule has 3 aromatic heterocycles. The van der Waals surface area contributed by atoms with Crippen LogP contribution in [-0.4, -0.2) is 8.80 Å². The molecule has 0 fully saturated rings. The van der Waals surface area contributed by atoms with Crippen molar-refractivity contribution in [3.05, 3.63) is 97.1 Å². The van der Waals surface area contributed by atoms with Crippen molar-refractivity contribution < 1.29 is 0 Å². The van der Waals surface area contributed by atoms with Crippen molar-refractivity contribution in [3.63, 3.8) is 0 Å². The monoisotopic (exact) mass is 382 g/mol. The summed E-state index contributed by atoms with van der Waals surface area (Å²) in [5.41, 5.74) is 9.68. The van der Waals surface area contributed by atoms with E-state index in [9.17, 15) is 0 Å². The summed E-state index contributed by atoms with van der Waals surface area (Å²) in [7, 11) is 0. The third-order valence-corrected chi connectivity index (χ3v) is 6.57. The lowest BCUT2D eigenvalue weighted by Gasteiger charge is -2.14. The van der Waals surface area contributed by atoms with Crippen LogP contribution in [0.25, 0.3) is 66.8 Å². The third-order valence-electron chi connectivity index (χ3n) is 6.57. The highest BCUT2D eigenvalue weighted by atomic mass is 15.0. The molecule has 0 saturated carbocycles. The smallest absolute Gasteiger partial charge is 0.0796 e. The standard InChI is InChI=1S/C28H18N2/c1-3-17-18(4-2)26-20-12-6-8-14-22(20)30-24-16-10-9-15-23(24)29-21-13-7-5-11-19(21)25(17)27(29)28(26)30/h3-16H,1-2H2. The fourth-order valence-electron chi connectivity index (χ4n) is 5.51. The van der Waals surface area contributed by atoms with Gasteiger partial charge in [-0.05, 0) is 35.4 Å². The maximum absolute atomic E-state index is 4.20. The van der Waals surface area contributed by atoms with Crippen LogP contribution < -0.4 is 0 Å². The van der Waals surface area contributed by atoms with Gasteiger partial charge in [0.15, 0.2) is 0 Å². The molecule has 0 amide bonds. The molecule has 3 heterocycles. The number of fused-ring (bicyclic) bond motifs is 9. The minimum absolute atomic E-state index is 1.16. The number of rotatable bonds is 2. The van der Waals surface area contributed by atoms with Crippen LogP contribution in [0.5, 0.6) is 0 Å². The van der Waals surface area contributed by atoms with Gasteiger partial charge in [-0.1, -0.05) is 73.8 Å². The summed E-state index contributed by atoms with van der Waals surface area (Å²) in [5, 5.41) is 5.00. The summed E-state index contributed by atoms with van der Waals surface area (Å²) in [4.78, 5) is 0. The number of benzene rings is 4. The minimum atomic E-state index is 1.16. The maximum atomic E-state index is 4.20. The van der Waals surface area contributed by atoms with Crippen molar-refractivity contribution in [1.82, 2.24) is 8.80 Å². The van der Waals surface area contributed by atoms with E-state index in [1.165, 1.54) is 54.6 Å². The Kier molecular flexibility index (Phi) is 2.80. The predicted octanol–water partition coefficient (Wildman–Crippen LogP) is 7.53. The van der Waals surface area contributed by atoms with Crippen molar-refractivity contribution in [3.8, 4) is 0 Å². The third kappa shape index (κ3) is 1.60. The molecular weight excluding hydrogens is 364 g/mol. The molecule has 0 aliphatic rings. The molecule has 0 aliphatic carbocycles. The quantitative estimate of drug-likeness (QED) is 0.273. The molecule has 7 aromatic rings. The van der Waals surface area contributed by atoms with Crippen molar-refractivity contribution in [2.75, 3.05) is 0 Å². The second kappa shape index (κ2) is 5.31. The van der Waals surface area contributed by atoms with Gasteiger partial charge in [-0.15, -0.1) is 0 Å². The van der Waals surface area contributed by atoms with Crippen LogP contribution >= 0.6 is 0 Å². The van der Waals surface area contributed by atoms with Crippen LogP contribution in [0, 0.1) is 0 Å². The Morgan fingerprint density at radius 3 is 1.27 bits per heavy atom. The lowest BCUT2D eigenvalue weighted by Crippen LogP contribution is -1.98. The Morgan fingerprint density at radius 2 is 0.867 bits per heavy atom. The van der Waals surface area contributed by atoms with E-state index in [0.717, 1.165) is 11.1 Å². The fraction of sp³-hybridized carbons (Fsp3) is 0. The van der Waals surface area contributed by atoms with Gasteiger partial charge in [0.25, 0.3) is 0 Å². The second-order valence-corrected chi connectivity index (χ2v) is 7.88. The molecule has 0 saturated heterocycles. The molecule has 0 spiro atoms. The number of nitrogens with zero attached hydrogens (tertiary/aromatic N) is 2. The van der Waals surface area contributed by atoms with E-state index in [0.29, 0.717) is 0 Å². The van der Waals surface area contributed by atoms with Gasteiger partial charge in [0.2, 0.25) is 0 Å². The molecule has 2 nitrogen and oxygen atoms in total. The predicted molar refractivity (Wildman–Crippen MR) is 130 cm³/mol. The van der Waals surface area contributed by atoms with Crippen molar-refractivity contribution in [1.29, 1.82) is 0 Å². The zero-order valence-electron chi connectivity index (χ0n) is 16.4. The molecule has 7 rings (SSSR count). The van der Waals surface area contributed by atoms with Gasteiger partial charge in [-0.3, -0.25) is 0 Å². The van der Waals surface area contributed by atoms with Gasteiger partial charge in [-0.25, -0.2) is 0 Å². The zero-order chi connectivity index (χ0) is 20.0. The Morgan fingerprint density at radius 1 is 0.500 bits per heavy atom. The van der Waals surface area contributed by atoms with Gasteiger partial charge >= 0.3 is 0 Å². The van der Waals surface area contributed by atoms with Crippen molar-refractivity contribution in [2.24, 2.45) is 0 Å². The van der Waals surface area contributed by atoms with E-state index >= 15 is 0 Å². The average molecular weight is 382 g/mol. The van der Waals surface area contributed by atoms with Crippen LogP contribution in [0.3, 0.4) is 0 Å². The van der Waals surface area contributed by atoms with Crippen LogP contribution in [0.4, 0.5) is 0 Å². The number of para-hydroxylation sites is 4.